The van der Waals surface area contributed by atoms with Crippen molar-refractivity contribution < 1.29 is 0 Å². The van der Waals surface area contributed by atoms with E-state index in [4.69, 9.17) is 0 Å². The number of hydrazine groups is 1. The summed E-state index contributed by atoms with van der Waals surface area (Å²) in [7, 11) is 2.17. The van der Waals surface area contributed by atoms with Crippen LogP contribution in [0.4, 0.5) is 0 Å². The van der Waals surface area contributed by atoms with Crippen molar-refractivity contribution in [3.63, 3.8) is 0 Å². The Morgan fingerprint density at radius 2 is 0.833 bits per heavy atom. The van der Waals surface area contributed by atoms with Crippen LogP contribution < -0.4 is 0 Å². The molecule has 0 saturated heterocycles. The van der Waals surface area contributed by atoms with Gasteiger partial charge in [-0.25, -0.2) is 10.0 Å². The first-order valence-corrected chi connectivity index (χ1v) is 8.39. The fraction of sp³-hybridized carbons (Fsp3) is 0.182. The second kappa shape index (κ2) is 8.44. The van der Waals surface area contributed by atoms with Gasteiger partial charge in [-0.05, 0) is 16.7 Å². The molecule has 3 aromatic rings. The van der Waals surface area contributed by atoms with Crippen molar-refractivity contribution in [2.24, 2.45) is 0 Å². The Bertz CT molecular complexity index is 669. The Morgan fingerprint density at radius 1 is 0.500 bits per heavy atom. The molecule has 0 bridgehead atoms. The van der Waals surface area contributed by atoms with Crippen molar-refractivity contribution in [1.29, 1.82) is 0 Å². The Balaban J connectivity index is 1.75. The van der Waals surface area contributed by atoms with E-state index in [0.29, 0.717) is 0 Å². The summed E-state index contributed by atoms with van der Waals surface area (Å²) in [6.45, 7) is 2.71. The summed E-state index contributed by atoms with van der Waals surface area (Å²) in [6, 6.07) is 31.9. The van der Waals surface area contributed by atoms with Crippen molar-refractivity contribution >= 4 is 0 Å². The first-order valence-electron chi connectivity index (χ1n) is 8.39. The molecule has 0 aromatic heterocycles. The zero-order valence-electron chi connectivity index (χ0n) is 14.2. The molecule has 2 nitrogen and oxygen atoms in total. The third kappa shape index (κ3) is 4.79. The van der Waals surface area contributed by atoms with Crippen LogP contribution in [0.5, 0.6) is 0 Å². The normalized spacial score (nSPS) is 11.1. The fourth-order valence-corrected chi connectivity index (χ4v) is 2.83. The molecule has 0 radical (unpaired) electrons. The maximum Gasteiger partial charge on any atom is 0.0387 e. The van der Waals surface area contributed by atoms with E-state index in [9.17, 15) is 0 Å². The Morgan fingerprint density at radius 3 is 1.21 bits per heavy atom. The summed E-state index contributed by atoms with van der Waals surface area (Å²) < 4.78 is 0. The summed E-state index contributed by atoms with van der Waals surface area (Å²) in [6.07, 6.45) is 0. The minimum atomic E-state index is 0.902. The molecule has 0 heterocycles. The van der Waals surface area contributed by atoms with E-state index in [2.05, 4.69) is 108 Å². The van der Waals surface area contributed by atoms with Gasteiger partial charge in [-0.2, -0.15) is 0 Å². The molecular weight excluding hydrogens is 292 g/mol. The van der Waals surface area contributed by atoms with Gasteiger partial charge in [0.25, 0.3) is 0 Å². The fourth-order valence-electron chi connectivity index (χ4n) is 2.83. The van der Waals surface area contributed by atoms with Crippen molar-refractivity contribution in [1.82, 2.24) is 10.0 Å². The average molecular weight is 316 g/mol. The lowest BCUT2D eigenvalue weighted by atomic mass is 10.2. The van der Waals surface area contributed by atoms with Crippen molar-refractivity contribution in [3.05, 3.63) is 108 Å². The van der Waals surface area contributed by atoms with Crippen LogP contribution in [0.3, 0.4) is 0 Å². The minimum Gasteiger partial charge on any atom is -0.240 e. The molecule has 0 saturated carbocycles. The van der Waals surface area contributed by atoms with Crippen molar-refractivity contribution in [2.45, 2.75) is 19.6 Å². The highest BCUT2D eigenvalue weighted by Crippen LogP contribution is 2.14. The quantitative estimate of drug-likeness (QED) is 0.581. The number of nitrogens with zero attached hydrogens (tertiary/aromatic N) is 2. The molecule has 0 unspecified atom stereocenters. The van der Waals surface area contributed by atoms with Gasteiger partial charge in [0.05, 0.1) is 0 Å². The monoisotopic (exact) mass is 316 g/mol. The summed E-state index contributed by atoms with van der Waals surface area (Å²) in [5.41, 5.74) is 3.98. The van der Waals surface area contributed by atoms with Crippen molar-refractivity contribution in [3.8, 4) is 0 Å². The van der Waals surface area contributed by atoms with Crippen molar-refractivity contribution in [2.75, 3.05) is 7.05 Å². The van der Waals surface area contributed by atoms with Crippen LogP contribution in [0, 0.1) is 0 Å². The highest BCUT2D eigenvalue weighted by Gasteiger charge is 2.13. The third-order valence-electron chi connectivity index (χ3n) is 4.15. The third-order valence-corrected chi connectivity index (χ3v) is 4.15. The maximum atomic E-state index is 2.40. The van der Waals surface area contributed by atoms with Gasteiger partial charge >= 0.3 is 0 Å². The highest BCUT2D eigenvalue weighted by molar-refractivity contribution is 5.17. The van der Waals surface area contributed by atoms with E-state index < -0.39 is 0 Å². The molecule has 0 N–H and O–H groups in total. The number of benzene rings is 3. The molecule has 0 atom stereocenters. The van der Waals surface area contributed by atoms with Crippen LogP contribution >= 0.6 is 0 Å². The highest BCUT2D eigenvalue weighted by atomic mass is 15.6. The lowest BCUT2D eigenvalue weighted by Crippen LogP contribution is -2.38. The summed E-state index contributed by atoms with van der Waals surface area (Å²) in [4.78, 5) is 0. The summed E-state index contributed by atoms with van der Waals surface area (Å²) >= 11 is 0. The van der Waals surface area contributed by atoms with Gasteiger partial charge < -0.3 is 0 Å². The van der Waals surface area contributed by atoms with E-state index in [1.807, 2.05) is 0 Å². The number of hydrogen-bond donors (Lipinski definition) is 0. The van der Waals surface area contributed by atoms with Gasteiger partial charge in [-0.3, -0.25) is 0 Å². The number of hydrogen-bond acceptors (Lipinski definition) is 2. The van der Waals surface area contributed by atoms with E-state index in [-0.39, 0.29) is 0 Å². The summed E-state index contributed by atoms with van der Waals surface area (Å²) in [5.74, 6) is 0. The second-order valence-corrected chi connectivity index (χ2v) is 6.10. The zero-order valence-corrected chi connectivity index (χ0v) is 14.2. The Kier molecular flexibility index (Phi) is 5.78. The average Bonchev–Trinajstić information content (AvgIpc) is 2.64. The van der Waals surface area contributed by atoms with Crippen LogP contribution in [0.1, 0.15) is 16.7 Å². The van der Waals surface area contributed by atoms with Gasteiger partial charge in [-0.1, -0.05) is 91.0 Å². The predicted molar refractivity (Wildman–Crippen MR) is 100 cm³/mol. The van der Waals surface area contributed by atoms with Crippen LogP contribution in [-0.2, 0) is 19.6 Å². The van der Waals surface area contributed by atoms with E-state index >= 15 is 0 Å². The molecule has 2 heteroatoms. The van der Waals surface area contributed by atoms with E-state index in [1.54, 1.807) is 0 Å². The molecule has 0 aliphatic carbocycles. The molecule has 0 aliphatic heterocycles. The lowest BCUT2D eigenvalue weighted by molar-refractivity contribution is -0.0250. The zero-order chi connectivity index (χ0) is 16.6. The van der Waals surface area contributed by atoms with Crippen LogP contribution in [0.15, 0.2) is 91.0 Å². The summed E-state index contributed by atoms with van der Waals surface area (Å²) in [5, 5.41) is 4.72. The SMILES string of the molecule is CN(Cc1ccccc1)N(Cc1ccccc1)Cc1ccccc1. The molecule has 0 fully saturated rings. The molecule has 0 spiro atoms. The molecule has 122 valence electrons. The standard InChI is InChI=1S/C22H24N2/c1-23(17-20-11-5-2-6-12-20)24(18-21-13-7-3-8-14-21)19-22-15-9-4-10-16-22/h2-16H,17-19H2,1H3. The van der Waals surface area contributed by atoms with Gasteiger partial charge in [0.1, 0.15) is 0 Å². The first-order chi connectivity index (χ1) is 11.8. The second-order valence-electron chi connectivity index (χ2n) is 6.10. The molecule has 3 rings (SSSR count). The number of rotatable bonds is 7. The van der Waals surface area contributed by atoms with Gasteiger partial charge in [0, 0.05) is 26.7 Å². The Labute approximate surface area is 144 Å². The largest absolute Gasteiger partial charge is 0.240 e. The minimum absolute atomic E-state index is 0.902. The van der Waals surface area contributed by atoms with Gasteiger partial charge in [0.2, 0.25) is 0 Å². The predicted octanol–water partition coefficient (Wildman–Crippen LogP) is 4.74. The van der Waals surface area contributed by atoms with Gasteiger partial charge in [0.15, 0.2) is 0 Å². The van der Waals surface area contributed by atoms with E-state index in [1.165, 1.54) is 16.7 Å². The van der Waals surface area contributed by atoms with Crippen LogP contribution in [0.2, 0.25) is 0 Å². The molecule has 0 aliphatic rings. The topological polar surface area (TPSA) is 6.48 Å². The molecular formula is C22H24N2. The molecule has 24 heavy (non-hydrogen) atoms. The Hall–Kier alpha value is -2.42. The first kappa shape index (κ1) is 16.4. The van der Waals surface area contributed by atoms with Crippen LogP contribution in [0.25, 0.3) is 0 Å². The maximum absolute atomic E-state index is 2.40. The molecule has 3 aromatic carbocycles. The smallest absolute Gasteiger partial charge is 0.0387 e. The van der Waals surface area contributed by atoms with Crippen LogP contribution in [-0.4, -0.2) is 17.1 Å². The van der Waals surface area contributed by atoms with E-state index in [0.717, 1.165) is 19.6 Å². The molecule has 0 amide bonds. The van der Waals surface area contributed by atoms with Gasteiger partial charge in [-0.15, -0.1) is 0 Å². The lowest BCUT2D eigenvalue weighted by Gasteiger charge is -2.32.